The normalized spacial score (nSPS) is 13.3. The van der Waals surface area contributed by atoms with Crippen molar-refractivity contribution in [1.29, 1.82) is 0 Å². The third kappa shape index (κ3) is 6.25. The molecule has 1 N–H and O–H groups in total. The summed E-state index contributed by atoms with van der Waals surface area (Å²) in [6.07, 6.45) is 2.61. The minimum atomic E-state index is -3.09. The largest absolute Gasteiger partial charge is 0.314 e. The molecule has 3 nitrogen and oxygen atoms in total. The smallest absolute Gasteiger partial charge is 0.154 e. The Hall–Kier alpha value is -0.580. The third-order valence-corrected chi connectivity index (χ3v) is 5.36. The Kier molecular flexibility index (Phi) is 7.56. The molecule has 0 aliphatic heterocycles. The molecule has 0 saturated heterocycles. The van der Waals surface area contributed by atoms with Crippen molar-refractivity contribution in [2.24, 2.45) is 0 Å². The molecule has 0 amide bonds. The van der Waals surface area contributed by atoms with E-state index in [2.05, 4.69) is 19.2 Å². The molecule has 1 aromatic carbocycles. The molecule has 0 spiro atoms. The molecule has 1 rings (SSSR count). The molecule has 0 heterocycles. The Balaban J connectivity index is 2.48. The van der Waals surface area contributed by atoms with E-state index in [4.69, 9.17) is 11.6 Å². The minimum absolute atomic E-state index is 0.0324. The van der Waals surface area contributed by atoms with Gasteiger partial charge in [-0.3, -0.25) is 0 Å². The Morgan fingerprint density at radius 1 is 1.25 bits per heavy atom. The second-order valence-corrected chi connectivity index (χ2v) is 7.58. The molecule has 5 heteroatoms. The van der Waals surface area contributed by atoms with Gasteiger partial charge in [-0.15, -0.1) is 0 Å². The maximum Gasteiger partial charge on any atom is 0.154 e. The van der Waals surface area contributed by atoms with E-state index < -0.39 is 9.84 Å². The van der Waals surface area contributed by atoms with Crippen molar-refractivity contribution >= 4 is 21.4 Å². The lowest BCUT2D eigenvalue weighted by Crippen LogP contribution is -2.28. The SMILES string of the molecule is CCNC(CC)CCCS(=O)(=O)Cc1ccccc1Cl. The van der Waals surface area contributed by atoms with E-state index in [-0.39, 0.29) is 11.5 Å². The van der Waals surface area contributed by atoms with Gasteiger partial charge in [0.05, 0.1) is 11.5 Å². The molecule has 0 aliphatic carbocycles. The summed E-state index contributed by atoms with van der Waals surface area (Å²) < 4.78 is 24.2. The summed E-state index contributed by atoms with van der Waals surface area (Å²) in [6, 6.07) is 7.53. The Morgan fingerprint density at radius 3 is 2.55 bits per heavy atom. The third-order valence-electron chi connectivity index (χ3n) is 3.33. The Bertz CT molecular complexity index is 502. The fourth-order valence-corrected chi connectivity index (χ4v) is 3.97. The molecule has 114 valence electrons. The summed E-state index contributed by atoms with van der Waals surface area (Å²) >= 11 is 6.00. The average molecular weight is 318 g/mol. The molecule has 0 bridgehead atoms. The van der Waals surface area contributed by atoms with Crippen molar-refractivity contribution in [1.82, 2.24) is 5.32 Å². The number of rotatable bonds is 9. The van der Waals surface area contributed by atoms with E-state index in [0.717, 1.165) is 19.4 Å². The van der Waals surface area contributed by atoms with E-state index in [1.54, 1.807) is 18.2 Å². The van der Waals surface area contributed by atoms with Gasteiger partial charge in [0, 0.05) is 11.1 Å². The van der Waals surface area contributed by atoms with Crippen LogP contribution in [-0.4, -0.2) is 26.8 Å². The summed E-state index contributed by atoms with van der Waals surface area (Å²) in [5.74, 6) is 0.255. The zero-order valence-corrected chi connectivity index (χ0v) is 13.8. The number of halogens is 1. The van der Waals surface area contributed by atoms with E-state index in [1.165, 1.54) is 0 Å². The van der Waals surface area contributed by atoms with E-state index in [9.17, 15) is 8.42 Å². The van der Waals surface area contributed by atoms with Crippen molar-refractivity contribution in [3.8, 4) is 0 Å². The number of hydrogen-bond donors (Lipinski definition) is 1. The highest BCUT2D eigenvalue weighted by molar-refractivity contribution is 7.90. The topological polar surface area (TPSA) is 46.2 Å². The molecule has 0 aromatic heterocycles. The second-order valence-electron chi connectivity index (χ2n) is 4.99. The van der Waals surface area contributed by atoms with Crippen molar-refractivity contribution < 1.29 is 8.42 Å². The van der Waals surface area contributed by atoms with Gasteiger partial charge in [0.2, 0.25) is 0 Å². The molecule has 20 heavy (non-hydrogen) atoms. The van der Waals surface area contributed by atoms with E-state index >= 15 is 0 Å². The molecule has 0 radical (unpaired) electrons. The van der Waals surface area contributed by atoms with Gasteiger partial charge in [-0.25, -0.2) is 8.42 Å². The summed E-state index contributed by atoms with van der Waals surface area (Å²) in [5, 5.41) is 3.88. The molecule has 1 aromatic rings. The van der Waals surface area contributed by atoms with Crippen LogP contribution < -0.4 is 5.32 Å². The van der Waals surface area contributed by atoms with Gasteiger partial charge >= 0.3 is 0 Å². The van der Waals surface area contributed by atoms with Crippen LogP contribution in [0.25, 0.3) is 0 Å². The van der Waals surface area contributed by atoms with Crippen molar-refractivity contribution in [3.05, 3.63) is 34.9 Å². The van der Waals surface area contributed by atoms with Gasteiger partial charge in [-0.2, -0.15) is 0 Å². The number of hydrogen-bond acceptors (Lipinski definition) is 3. The predicted molar refractivity (Wildman–Crippen MR) is 85.9 cm³/mol. The lowest BCUT2D eigenvalue weighted by molar-refractivity contribution is 0.474. The van der Waals surface area contributed by atoms with Gasteiger partial charge in [0.15, 0.2) is 9.84 Å². The summed E-state index contributed by atoms with van der Waals surface area (Å²) in [5.41, 5.74) is 0.688. The van der Waals surface area contributed by atoms with Crippen molar-refractivity contribution in [2.45, 2.75) is 44.9 Å². The first-order valence-corrected chi connectivity index (χ1v) is 9.35. The average Bonchev–Trinajstić information content (AvgIpc) is 2.40. The molecule has 0 aliphatic rings. The van der Waals surface area contributed by atoms with Crippen LogP contribution in [0.3, 0.4) is 0 Å². The standard InChI is InChI=1S/C15H24ClNO2S/c1-3-14(17-4-2)9-7-11-20(18,19)12-13-8-5-6-10-15(13)16/h5-6,8,10,14,17H,3-4,7,9,11-12H2,1-2H3. The molecular formula is C15H24ClNO2S. The fourth-order valence-electron chi connectivity index (χ4n) is 2.21. The lowest BCUT2D eigenvalue weighted by Gasteiger charge is -2.15. The van der Waals surface area contributed by atoms with Crippen LogP contribution in [0.1, 0.15) is 38.7 Å². The summed E-state index contributed by atoms with van der Waals surface area (Å²) in [7, 11) is -3.09. The summed E-state index contributed by atoms with van der Waals surface area (Å²) in [6.45, 7) is 5.10. The zero-order valence-electron chi connectivity index (χ0n) is 12.2. The minimum Gasteiger partial charge on any atom is -0.314 e. The maximum absolute atomic E-state index is 12.1. The lowest BCUT2D eigenvalue weighted by atomic mass is 10.1. The number of nitrogens with one attached hydrogen (secondary N) is 1. The van der Waals surface area contributed by atoms with Crippen molar-refractivity contribution in [2.75, 3.05) is 12.3 Å². The first kappa shape index (κ1) is 17.5. The Morgan fingerprint density at radius 2 is 1.95 bits per heavy atom. The van der Waals surface area contributed by atoms with Crippen LogP contribution in [-0.2, 0) is 15.6 Å². The van der Waals surface area contributed by atoms with E-state index in [1.807, 2.05) is 6.07 Å². The molecule has 0 fully saturated rings. The number of sulfone groups is 1. The molecule has 1 atom stereocenters. The first-order chi connectivity index (χ1) is 9.48. The van der Waals surface area contributed by atoms with Crippen LogP contribution in [0.4, 0.5) is 0 Å². The highest BCUT2D eigenvalue weighted by Gasteiger charge is 2.15. The van der Waals surface area contributed by atoms with Gasteiger partial charge in [0.1, 0.15) is 0 Å². The molecular weight excluding hydrogens is 294 g/mol. The summed E-state index contributed by atoms with van der Waals surface area (Å²) in [4.78, 5) is 0. The van der Waals surface area contributed by atoms with Gasteiger partial charge in [0.25, 0.3) is 0 Å². The highest BCUT2D eigenvalue weighted by Crippen LogP contribution is 2.18. The van der Waals surface area contributed by atoms with Crippen LogP contribution in [0.2, 0.25) is 5.02 Å². The van der Waals surface area contributed by atoms with Gasteiger partial charge in [-0.1, -0.05) is 43.6 Å². The maximum atomic E-state index is 12.1. The highest BCUT2D eigenvalue weighted by atomic mass is 35.5. The Labute approximate surface area is 127 Å². The zero-order chi connectivity index (χ0) is 15.0. The van der Waals surface area contributed by atoms with Crippen LogP contribution in [0.5, 0.6) is 0 Å². The van der Waals surface area contributed by atoms with Crippen LogP contribution >= 0.6 is 11.6 Å². The predicted octanol–water partition coefficient (Wildman–Crippen LogP) is 3.42. The van der Waals surface area contributed by atoms with Crippen molar-refractivity contribution in [3.63, 3.8) is 0 Å². The molecule has 1 unspecified atom stereocenters. The number of benzene rings is 1. The van der Waals surface area contributed by atoms with Crippen LogP contribution in [0, 0.1) is 0 Å². The van der Waals surface area contributed by atoms with Gasteiger partial charge < -0.3 is 5.32 Å². The van der Waals surface area contributed by atoms with Gasteiger partial charge in [-0.05, 0) is 37.4 Å². The monoisotopic (exact) mass is 317 g/mol. The fraction of sp³-hybridized carbons (Fsp3) is 0.600. The van der Waals surface area contributed by atoms with E-state index in [0.29, 0.717) is 23.0 Å². The molecule has 0 saturated carbocycles. The van der Waals surface area contributed by atoms with Crippen LogP contribution in [0.15, 0.2) is 24.3 Å². The quantitative estimate of drug-likeness (QED) is 0.759. The second kappa shape index (κ2) is 8.65. The first-order valence-electron chi connectivity index (χ1n) is 7.15.